The van der Waals surface area contributed by atoms with Crippen molar-refractivity contribution >= 4 is 11.9 Å². The number of rotatable bonds is 7. The molecule has 0 spiro atoms. The minimum atomic E-state index is -0.882. The molecule has 0 saturated carbocycles. The average molecular weight is 417 g/mol. The van der Waals surface area contributed by atoms with Gasteiger partial charge < -0.3 is 14.2 Å². The fraction of sp³-hybridized carbons (Fsp3) is 0.520. The molecule has 1 rings (SSSR count). The summed E-state index contributed by atoms with van der Waals surface area (Å²) >= 11 is 0. The molecule has 1 saturated heterocycles. The van der Waals surface area contributed by atoms with Crippen molar-refractivity contribution < 1.29 is 23.8 Å². The second-order valence-electron chi connectivity index (χ2n) is 8.41. The van der Waals surface area contributed by atoms with Crippen molar-refractivity contribution in [3.05, 3.63) is 59.8 Å². The fourth-order valence-corrected chi connectivity index (χ4v) is 3.22. The number of allylic oxidation sites excluding steroid dienone is 6. The Kier molecular flexibility index (Phi) is 9.04. The Morgan fingerprint density at radius 3 is 2.03 bits per heavy atom. The summed E-state index contributed by atoms with van der Waals surface area (Å²) in [5.41, 5.74) is 0.404. The minimum Gasteiger partial charge on any atom is -0.455 e. The van der Waals surface area contributed by atoms with Crippen LogP contribution >= 0.6 is 0 Å². The maximum Gasteiger partial charge on any atom is 0.333 e. The molecule has 0 aliphatic carbocycles. The van der Waals surface area contributed by atoms with Gasteiger partial charge in [0.25, 0.3) is 0 Å². The first kappa shape index (κ1) is 25.6. The van der Waals surface area contributed by atoms with E-state index in [0.717, 1.165) is 5.57 Å². The predicted molar refractivity (Wildman–Crippen MR) is 120 cm³/mol. The average Bonchev–Trinajstić information content (AvgIpc) is 2.68. The van der Waals surface area contributed by atoms with Gasteiger partial charge in [0, 0.05) is 17.6 Å². The molecule has 1 fully saturated rings. The number of hydrogen-bond donors (Lipinski definition) is 0. The molecule has 0 aromatic carbocycles. The van der Waals surface area contributed by atoms with E-state index in [1.807, 2.05) is 45.9 Å². The molecule has 0 aromatic heterocycles. The van der Waals surface area contributed by atoms with Crippen LogP contribution in [0.15, 0.2) is 59.8 Å². The van der Waals surface area contributed by atoms with Crippen LogP contribution in [0.4, 0.5) is 0 Å². The van der Waals surface area contributed by atoms with Crippen LogP contribution in [0.3, 0.4) is 0 Å². The maximum absolute atomic E-state index is 12.5. The molecule has 1 heterocycles. The summed E-state index contributed by atoms with van der Waals surface area (Å²) in [7, 11) is 0. The summed E-state index contributed by atoms with van der Waals surface area (Å²) in [5, 5.41) is 0. The highest BCUT2D eigenvalue weighted by Crippen LogP contribution is 2.40. The summed E-state index contributed by atoms with van der Waals surface area (Å²) < 4.78 is 17.9. The van der Waals surface area contributed by atoms with Gasteiger partial charge in [-0.1, -0.05) is 48.6 Å². The first-order valence-electron chi connectivity index (χ1n) is 10.3. The van der Waals surface area contributed by atoms with E-state index in [4.69, 9.17) is 14.2 Å². The molecule has 0 aromatic rings. The molecule has 1 aliphatic rings. The highest BCUT2D eigenvalue weighted by atomic mass is 16.6. The molecule has 0 radical (unpaired) electrons. The molecule has 1 aliphatic heterocycles. The molecule has 0 N–H and O–H groups in total. The Hall–Kier alpha value is -2.40. The predicted octanol–water partition coefficient (Wildman–Crippen LogP) is 5.39. The van der Waals surface area contributed by atoms with Crippen molar-refractivity contribution in [1.29, 1.82) is 0 Å². The molecule has 0 amide bonds. The van der Waals surface area contributed by atoms with Crippen LogP contribution in [0.1, 0.15) is 61.8 Å². The lowest BCUT2D eigenvalue weighted by Crippen LogP contribution is -2.60. The molecular weight excluding hydrogens is 380 g/mol. The molecular formula is C25H36O5. The van der Waals surface area contributed by atoms with Crippen LogP contribution in [0.5, 0.6) is 0 Å². The second-order valence-corrected chi connectivity index (χ2v) is 8.41. The van der Waals surface area contributed by atoms with Gasteiger partial charge in [-0.3, -0.25) is 0 Å². The largest absolute Gasteiger partial charge is 0.455 e. The van der Waals surface area contributed by atoms with Crippen LogP contribution in [0.2, 0.25) is 0 Å². The smallest absolute Gasteiger partial charge is 0.333 e. The van der Waals surface area contributed by atoms with Crippen LogP contribution in [-0.2, 0) is 23.8 Å². The van der Waals surface area contributed by atoms with Crippen LogP contribution in [-0.4, -0.2) is 35.3 Å². The molecule has 3 atom stereocenters. The van der Waals surface area contributed by atoms with Gasteiger partial charge >= 0.3 is 11.9 Å². The SMILES string of the molecule is C=C/C(C)=C\C=C\[C@]1(C)C[C@@H](OC(=O)/C(C)=C\C)[C@H](OC(=O)/C(C)=C\C)C(C)(C)O1. The normalized spacial score (nSPS) is 27.7. The Balaban J connectivity index is 3.29. The van der Waals surface area contributed by atoms with Gasteiger partial charge in [-0.15, -0.1) is 0 Å². The van der Waals surface area contributed by atoms with E-state index >= 15 is 0 Å². The third kappa shape index (κ3) is 6.84. The van der Waals surface area contributed by atoms with E-state index in [9.17, 15) is 9.59 Å². The molecule has 30 heavy (non-hydrogen) atoms. The highest BCUT2D eigenvalue weighted by Gasteiger charge is 2.52. The third-order valence-corrected chi connectivity index (χ3v) is 5.26. The minimum absolute atomic E-state index is 0.351. The molecule has 0 unspecified atom stereocenters. The van der Waals surface area contributed by atoms with Crippen LogP contribution < -0.4 is 0 Å². The lowest BCUT2D eigenvalue weighted by Gasteiger charge is -2.49. The maximum atomic E-state index is 12.5. The first-order chi connectivity index (χ1) is 13.9. The zero-order valence-corrected chi connectivity index (χ0v) is 19.6. The molecule has 166 valence electrons. The zero-order valence-electron chi connectivity index (χ0n) is 19.6. The Morgan fingerprint density at radius 2 is 1.53 bits per heavy atom. The summed E-state index contributed by atoms with van der Waals surface area (Å²) in [5.74, 6) is -0.885. The summed E-state index contributed by atoms with van der Waals surface area (Å²) in [6.45, 7) is 18.2. The van der Waals surface area contributed by atoms with E-state index in [1.54, 1.807) is 45.9 Å². The molecule has 5 nitrogen and oxygen atoms in total. The highest BCUT2D eigenvalue weighted by molar-refractivity contribution is 5.88. The lowest BCUT2D eigenvalue weighted by atomic mass is 9.82. The molecule has 0 bridgehead atoms. The number of carbonyl (C=O) groups is 2. The van der Waals surface area contributed by atoms with Gasteiger partial charge in [-0.05, 0) is 55.4 Å². The molecule has 5 heteroatoms. The first-order valence-corrected chi connectivity index (χ1v) is 10.3. The van der Waals surface area contributed by atoms with Crippen molar-refractivity contribution in [2.24, 2.45) is 0 Å². The van der Waals surface area contributed by atoms with Gasteiger partial charge in [0.15, 0.2) is 6.10 Å². The van der Waals surface area contributed by atoms with E-state index in [2.05, 4.69) is 6.58 Å². The summed E-state index contributed by atoms with van der Waals surface area (Å²) in [6.07, 6.45) is 9.85. The van der Waals surface area contributed by atoms with E-state index in [-0.39, 0.29) is 0 Å². The van der Waals surface area contributed by atoms with E-state index in [0.29, 0.717) is 17.6 Å². The van der Waals surface area contributed by atoms with Crippen LogP contribution in [0.25, 0.3) is 0 Å². The van der Waals surface area contributed by atoms with E-state index < -0.39 is 35.3 Å². The lowest BCUT2D eigenvalue weighted by molar-refractivity contribution is -0.247. The van der Waals surface area contributed by atoms with Crippen molar-refractivity contribution in [2.75, 3.05) is 0 Å². The van der Waals surface area contributed by atoms with E-state index in [1.165, 1.54) is 0 Å². The number of ether oxygens (including phenoxy) is 3. The van der Waals surface area contributed by atoms with Gasteiger partial charge in [0.2, 0.25) is 0 Å². The van der Waals surface area contributed by atoms with Crippen molar-refractivity contribution in [3.8, 4) is 0 Å². The topological polar surface area (TPSA) is 61.8 Å². The fourth-order valence-electron chi connectivity index (χ4n) is 3.22. The Labute approximate surface area is 181 Å². The third-order valence-electron chi connectivity index (χ3n) is 5.26. The summed E-state index contributed by atoms with van der Waals surface area (Å²) in [6, 6.07) is 0. The number of hydrogen-bond acceptors (Lipinski definition) is 5. The Bertz CT molecular complexity index is 781. The standard InChI is InChI=1S/C25H36O5/c1-10-17(4)14-13-15-25(9)16-20(28-22(26)18(5)11-2)21(24(7,8)30-25)29-23(27)19(6)12-3/h10-15,20-21H,1,16H2,2-9H3/b15-13+,17-14-,18-11-,19-12-/t20-,21+,25-/m1/s1. The van der Waals surface area contributed by atoms with Gasteiger partial charge in [-0.25, -0.2) is 9.59 Å². The quantitative estimate of drug-likeness (QED) is 0.316. The number of esters is 2. The van der Waals surface area contributed by atoms with Crippen molar-refractivity contribution in [2.45, 2.75) is 85.2 Å². The summed E-state index contributed by atoms with van der Waals surface area (Å²) in [4.78, 5) is 25.0. The van der Waals surface area contributed by atoms with Gasteiger partial charge in [0.1, 0.15) is 11.7 Å². The second kappa shape index (κ2) is 10.6. The van der Waals surface area contributed by atoms with Gasteiger partial charge in [0.05, 0.1) is 5.60 Å². The van der Waals surface area contributed by atoms with Crippen molar-refractivity contribution in [3.63, 3.8) is 0 Å². The van der Waals surface area contributed by atoms with Crippen molar-refractivity contribution in [1.82, 2.24) is 0 Å². The number of carbonyl (C=O) groups excluding carboxylic acids is 2. The monoisotopic (exact) mass is 416 g/mol. The van der Waals surface area contributed by atoms with Crippen LogP contribution in [0, 0.1) is 0 Å². The van der Waals surface area contributed by atoms with Gasteiger partial charge in [-0.2, -0.15) is 0 Å². The Morgan fingerprint density at radius 1 is 1.00 bits per heavy atom. The zero-order chi connectivity index (χ0) is 23.1.